The molecule has 4 fully saturated rings. The van der Waals surface area contributed by atoms with Gasteiger partial charge in [-0.1, -0.05) is 13.8 Å². The Labute approximate surface area is 161 Å². The van der Waals surface area contributed by atoms with Crippen LogP contribution >= 0.6 is 0 Å². The third-order valence-corrected chi connectivity index (χ3v) is 7.01. The van der Waals surface area contributed by atoms with Gasteiger partial charge in [-0.05, 0) is 74.3 Å². The summed E-state index contributed by atoms with van der Waals surface area (Å²) in [5, 5.41) is 6.11. The topological polar surface area (TPSA) is 71.3 Å². The minimum Gasteiger partial charge on any atom is -0.469 e. The van der Waals surface area contributed by atoms with Crippen LogP contribution in [0.5, 0.6) is 0 Å². The second kappa shape index (κ2) is 7.33. The van der Waals surface area contributed by atoms with Crippen molar-refractivity contribution in [2.24, 2.45) is 29.1 Å². The number of nitrogens with one attached hydrogen (secondary N) is 2. The molecule has 2 N–H and O–H groups in total. The van der Waals surface area contributed by atoms with Crippen molar-refractivity contribution in [2.45, 2.75) is 64.8 Å². The molecule has 1 aromatic rings. The largest absolute Gasteiger partial charge is 0.469 e. The van der Waals surface area contributed by atoms with Crippen molar-refractivity contribution in [3.05, 3.63) is 24.2 Å². The number of amides is 2. The van der Waals surface area contributed by atoms with Gasteiger partial charge in [0.15, 0.2) is 0 Å². The molecule has 0 unspecified atom stereocenters. The van der Waals surface area contributed by atoms with E-state index in [1.165, 1.54) is 19.3 Å². The van der Waals surface area contributed by atoms with Crippen LogP contribution in [0.15, 0.2) is 22.8 Å². The van der Waals surface area contributed by atoms with Crippen LogP contribution in [0.25, 0.3) is 0 Å². The second-order valence-corrected chi connectivity index (χ2v) is 9.51. The van der Waals surface area contributed by atoms with Gasteiger partial charge in [0.25, 0.3) is 0 Å². The molecule has 148 valence electrons. The van der Waals surface area contributed by atoms with Gasteiger partial charge in [0.1, 0.15) is 11.8 Å². The third-order valence-electron chi connectivity index (χ3n) is 7.01. The lowest BCUT2D eigenvalue weighted by atomic mass is 9.49. The zero-order valence-electron chi connectivity index (χ0n) is 16.5. The van der Waals surface area contributed by atoms with Gasteiger partial charge >= 0.3 is 0 Å². The Bertz CT molecular complexity index is 644. The summed E-state index contributed by atoms with van der Waals surface area (Å²) >= 11 is 0. The van der Waals surface area contributed by atoms with Crippen LogP contribution in [0.4, 0.5) is 0 Å². The lowest BCUT2D eigenvalue weighted by Crippen LogP contribution is -2.58. The molecule has 0 saturated heterocycles. The zero-order valence-corrected chi connectivity index (χ0v) is 16.5. The Morgan fingerprint density at radius 2 is 1.78 bits per heavy atom. The van der Waals surface area contributed by atoms with E-state index < -0.39 is 6.04 Å². The first-order valence-electron chi connectivity index (χ1n) is 10.6. The molecule has 5 heteroatoms. The van der Waals surface area contributed by atoms with Crippen molar-refractivity contribution < 1.29 is 14.0 Å². The van der Waals surface area contributed by atoms with E-state index in [4.69, 9.17) is 4.42 Å². The predicted molar refractivity (Wildman–Crippen MR) is 103 cm³/mol. The van der Waals surface area contributed by atoms with Crippen LogP contribution in [0, 0.1) is 29.1 Å². The summed E-state index contributed by atoms with van der Waals surface area (Å²) in [5.74, 6) is 3.13. The summed E-state index contributed by atoms with van der Waals surface area (Å²) in [6.45, 7) is 4.51. The Morgan fingerprint density at radius 1 is 1.15 bits per heavy atom. The van der Waals surface area contributed by atoms with Crippen molar-refractivity contribution in [1.29, 1.82) is 0 Å². The Kier molecular flexibility index (Phi) is 5.04. The van der Waals surface area contributed by atoms with E-state index in [9.17, 15) is 9.59 Å². The van der Waals surface area contributed by atoms with Crippen molar-refractivity contribution in [3.8, 4) is 0 Å². The molecule has 0 spiro atoms. The van der Waals surface area contributed by atoms with Crippen LogP contribution in [0.1, 0.15) is 58.1 Å². The van der Waals surface area contributed by atoms with E-state index >= 15 is 0 Å². The summed E-state index contributed by atoms with van der Waals surface area (Å²) in [4.78, 5) is 26.0. The first kappa shape index (κ1) is 18.6. The number of carbonyl (C=O) groups is 2. The van der Waals surface area contributed by atoms with E-state index in [1.807, 2.05) is 26.0 Å². The van der Waals surface area contributed by atoms with Gasteiger partial charge in [0.05, 0.1) is 6.26 Å². The number of hydrogen-bond acceptors (Lipinski definition) is 3. The molecule has 4 aliphatic rings. The molecule has 1 aromatic heterocycles. The van der Waals surface area contributed by atoms with Crippen LogP contribution in [0.3, 0.4) is 0 Å². The molecule has 4 aliphatic carbocycles. The summed E-state index contributed by atoms with van der Waals surface area (Å²) in [5.41, 5.74) is -0.212. The number of hydrogen-bond donors (Lipinski definition) is 2. The van der Waals surface area contributed by atoms with Gasteiger partial charge in [-0.25, -0.2) is 0 Å². The third kappa shape index (κ3) is 3.78. The molecule has 0 aromatic carbocycles. The normalized spacial score (nSPS) is 32.5. The summed E-state index contributed by atoms with van der Waals surface area (Å²) in [6.07, 6.45) is 9.31. The first-order chi connectivity index (χ1) is 12.9. The predicted octanol–water partition coefficient (Wildman–Crippen LogP) is 3.30. The van der Waals surface area contributed by atoms with Gasteiger partial charge in [-0.2, -0.15) is 0 Å². The smallest absolute Gasteiger partial charge is 0.242 e. The molecule has 5 rings (SSSR count). The molecule has 0 aliphatic heterocycles. The van der Waals surface area contributed by atoms with Crippen molar-refractivity contribution in [1.82, 2.24) is 10.6 Å². The Balaban J connectivity index is 1.36. The minimum atomic E-state index is -0.470. The van der Waals surface area contributed by atoms with E-state index in [0.717, 1.165) is 42.8 Å². The maximum Gasteiger partial charge on any atom is 0.242 e. The fraction of sp³-hybridized carbons (Fsp3) is 0.727. The van der Waals surface area contributed by atoms with Gasteiger partial charge in [0.2, 0.25) is 11.8 Å². The lowest BCUT2D eigenvalue weighted by Gasteiger charge is -2.55. The molecule has 4 saturated carbocycles. The quantitative estimate of drug-likeness (QED) is 0.771. The highest BCUT2D eigenvalue weighted by atomic mass is 16.3. The molecule has 4 bridgehead atoms. The average molecular weight is 373 g/mol. The number of rotatable bonds is 7. The van der Waals surface area contributed by atoms with Gasteiger partial charge in [-0.3, -0.25) is 9.59 Å². The van der Waals surface area contributed by atoms with E-state index in [1.54, 1.807) is 6.26 Å². The molecular formula is C22H32N2O3. The molecule has 27 heavy (non-hydrogen) atoms. The van der Waals surface area contributed by atoms with E-state index in [2.05, 4.69) is 10.6 Å². The molecular weight excluding hydrogens is 340 g/mol. The van der Waals surface area contributed by atoms with Gasteiger partial charge < -0.3 is 15.1 Å². The Hall–Kier alpha value is -1.78. The molecule has 0 radical (unpaired) electrons. The molecule has 2 amide bonds. The number of furan rings is 1. The van der Waals surface area contributed by atoms with Crippen LogP contribution < -0.4 is 10.6 Å². The molecule has 1 heterocycles. The van der Waals surface area contributed by atoms with E-state index in [-0.39, 0.29) is 23.1 Å². The monoisotopic (exact) mass is 372 g/mol. The SMILES string of the molecule is CC(C)[C@H](NC(=O)C12CC3CC(CC(C3)C1)C2)C(=O)NCCc1ccco1. The zero-order chi connectivity index (χ0) is 19.0. The van der Waals surface area contributed by atoms with Crippen LogP contribution in [-0.2, 0) is 16.0 Å². The summed E-state index contributed by atoms with van der Waals surface area (Å²) in [7, 11) is 0. The maximum atomic E-state index is 13.3. The van der Waals surface area contributed by atoms with Crippen LogP contribution in [-0.4, -0.2) is 24.4 Å². The fourth-order valence-electron chi connectivity index (χ4n) is 6.09. The lowest BCUT2D eigenvalue weighted by molar-refractivity contribution is -0.149. The van der Waals surface area contributed by atoms with Crippen molar-refractivity contribution in [3.63, 3.8) is 0 Å². The number of carbonyl (C=O) groups excluding carboxylic acids is 2. The van der Waals surface area contributed by atoms with Crippen molar-refractivity contribution in [2.75, 3.05) is 6.54 Å². The average Bonchev–Trinajstić information content (AvgIpc) is 3.11. The van der Waals surface area contributed by atoms with Gasteiger partial charge in [0, 0.05) is 18.4 Å². The highest BCUT2D eigenvalue weighted by Crippen LogP contribution is 2.60. The standard InChI is InChI=1S/C22H32N2O3/c1-14(2)19(20(25)23-6-5-18-4-3-7-27-18)24-21(26)22-11-15-8-16(12-22)10-17(9-15)13-22/h3-4,7,14-17,19H,5-6,8-13H2,1-2H3,(H,23,25)(H,24,26)/t15?,16?,17?,19-,22?/m0/s1. The fourth-order valence-corrected chi connectivity index (χ4v) is 6.09. The Morgan fingerprint density at radius 3 is 2.30 bits per heavy atom. The minimum absolute atomic E-state index is 0.0616. The van der Waals surface area contributed by atoms with Gasteiger partial charge in [-0.15, -0.1) is 0 Å². The highest BCUT2D eigenvalue weighted by molar-refractivity contribution is 5.90. The summed E-state index contributed by atoms with van der Waals surface area (Å²) in [6, 6.07) is 3.28. The van der Waals surface area contributed by atoms with E-state index in [0.29, 0.717) is 13.0 Å². The summed E-state index contributed by atoms with van der Waals surface area (Å²) < 4.78 is 5.30. The molecule has 5 nitrogen and oxygen atoms in total. The maximum absolute atomic E-state index is 13.3. The highest BCUT2D eigenvalue weighted by Gasteiger charge is 2.55. The van der Waals surface area contributed by atoms with Crippen molar-refractivity contribution >= 4 is 11.8 Å². The first-order valence-corrected chi connectivity index (χ1v) is 10.6. The molecule has 1 atom stereocenters. The van der Waals surface area contributed by atoms with Crippen LogP contribution in [0.2, 0.25) is 0 Å². The second-order valence-electron chi connectivity index (χ2n) is 9.51.